The standard InChI is InChI=1S/C15H24N2O/c1-4-18-15(10(2)3)13(16)12-8-7-11-6-5-9-17-14(11)12/h5-6,9-10,12-13,15H,4,7-8,16H2,1-3H3. The Labute approximate surface area is 110 Å². The smallest absolute Gasteiger partial charge is 0.0755 e. The molecule has 1 aromatic rings. The van der Waals surface area contributed by atoms with Gasteiger partial charge in [-0.1, -0.05) is 19.9 Å². The van der Waals surface area contributed by atoms with Crippen LogP contribution in [0.2, 0.25) is 0 Å². The van der Waals surface area contributed by atoms with Crippen molar-refractivity contribution in [2.75, 3.05) is 6.61 Å². The Morgan fingerprint density at radius 3 is 2.94 bits per heavy atom. The van der Waals surface area contributed by atoms with Gasteiger partial charge >= 0.3 is 0 Å². The molecule has 3 atom stereocenters. The minimum Gasteiger partial charge on any atom is -0.377 e. The van der Waals surface area contributed by atoms with Crippen LogP contribution in [0.25, 0.3) is 0 Å². The van der Waals surface area contributed by atoms with E-state index >= 15 is 0 Å². The first-order valence-corrected chi connectivity index (χ1v) is 6.96. The van der Waals surface area contributed by atoms with Crippen LogP contribution in [0, 0.1) is 5.92 Å². The molecule has 2 rings (SSSR count). The fourth-order valence-electron chi connectivity index (χ4n) is 2.99. The maximum atomic E-state index is 6.46. The van der Waals surface area contributed by atoms with Gasteiger partial charge in [0.25, 0.3) is 0 Å². The number of nitrogens with zero attached hydrogens (tertiary/aromatic N) is 1. The predicted molar refractivity (Wildman–Crippen MR) is 73.5 cm³/mol. The van der Waals surface area contributed by atoms with Gasteiger partial charge in [0.1, 0.15) is 0 Å². The van der Waals surface area contributed by atoms with Crippen LogP contribution in [0.5, 0.6) is 0 Å². The maximum absolute atomic E-state index is 6.46. The van der Waals surface area contributed by atoms with Crippen molar-refractivity contribution in [1.29, 1.82) is 0 Å². The zero-order valence-corrected chi connectivity index (χ0v) is 11.6. The van der Waals surface area contributed by atoms with Crippen LogP contribution >= 0.6 is 0 Å². The van der Waals surface area contributed by atoms with Gasteiger partial charge in [0.2, 0.25) is 0 Å². The lowest BCUT2D eigenvalue weighted by molar-refractivity contribution is 0.00630. The summed E-state index contributed by atoms with van der Waals surface area (Å²) in [5.41, 5.74) is 9.01. The summed E-state index contributed by atoms with van der Waals surface area (Å²) in [5.74, 6) is 0.785. The molecular formula is C15H24N2O. The van der Waals surface area contributed by atoms with Crippen LogP contribution in [-0.2, 0) is 11.2 Å². The maximum Gasteiger partial charge on any atom is 0.0755 e. The van der Waals surface area contributed by atoms with Gasteiger partial charge in [0.05, 0.1) is 6.10 Å². The number of aromatic nitrogens is 1. The minimum atomic E-state index is 0.0427. The number of ether oxygens (including phenoxy) is 1. The molecule has 0 aliphatic heterocycles. The van der Waals surface area contributed by atoms with Crippen LogP contribution in [0.15, 0.2) is 18.3 Å². The lowest BCUT2D eigenvalue weighted by Gasteiger charge is -2.31. The average molecular weight is 248 g/mol. The molecule has 0 saturated carbocycles. The summed E-state index contributed by atoms with van der Waals surface area (Å²) in [6, 6.07) is 4.22. The third kappa shape index (κ3) is 2.57. The molecule has 0 aromatic carbocycles. The molecule has 0 saturated heterocycles. The van der Waals surface area contributed by atoms with Gasteiger partial charge in [-0.15, -0.1) is 0 Å². The molecule has 3 nitrogen and oxygen atoms in total. The molecule has 100 valence electrons. The van der Waals surface area contributed by atoms with E-state index in [4.69, 9.17) is 10.5 Å². The number of fused-ring (bicyclic) bond motifs is 1. The van der Waals surface area contributed by atoms with Crippen molar-refractivity contribution < 1.29 is 4.74 Å². The van der Waals surface area contributed by atoms with Gasteiger partial charge in [-0.25, -0.2) is 0 Å². The summed E-state index contributed by atoms with van der Waals surface area (Å²) < 4.78 is 5.84. The van der Waals surface area contributed by atoms with Crippen LogP contribution in [0.3, 0.4) is 0 Å². The molecule has 0 radical (unpaired) electrons. The number of rotatable bonds is 5. The second kappa shape index (κ2) is 5.81. The van der Waals surface area contributed by atoms with Gasteiger partial charge in [-0.05, 0) is 37.3 Å². The van der Waals surface area contributed by atoms with Crippen molar-refractivity contribution >= 4 is 0 Å². The Balaban J connectivity index is 2.17. The Hall–Kier alpha value is -0.930. The minimum absolute atomic E-state index is 0.0427. The fraction of sp³-hybridized carbons (Fsp3) is 0.667. The van der Waals surface area contributed by atoms with E-state index in [1.54, 1.807) is 0 Å². The highest BCUT2D eigenvalue weighted by Crippen LogP contribution is 2.35. The predicted octanol–water partition coefficient (Wildman–Crippen LogP) is 2.50. The van der Waals surface area contributed by atoms with Crippen molar-refractivity contribution in [1.82, 2.24) is 4.98 Å². The van der Waals surface area contributed by atoms with Crippen molar-refractivity contribution in [3.05, 3.63) is 29.6 Å². The molecule has 1 aliphatic rings. The topological polar surface area (TPSA) is 48.1 Å². The van der Waals surface area contributed by atoms with E-state index in [0.29, 0.717) is 11.8 Å². The number of hydrogen-bond acceptors (Lipinski definition) is 3. The van der Waals surface area contributed by atoms with Gasteiger partial charge in [-0.3, -0.25) is 4.98 Å². The van der Waals surface area contributed by atoms with Gasteiger partial charge < -0.3 is 10.5 Å². The van der Waals surface area contributed by atoms with Gasteiger partial charge in [0, 0.05) is 30.5 Å². The summed E-state index contributed by atoms with van der Waals surface area (Å²) >= 11 is 0. The highest BCUT2D eigenvalue weighted by Gasteiger charge is 2.34. The fourth-order valence-corrected chi connectivity index (χ4v) is 2.99. The number of pyridine rings is 1. The largest absolute Gasteiger partial charge is 0.377 e. The van der Waals surface area contributed by atoms with E-state index in [-0.39, 0.29) is 12.1 Å². The molecule has 18 heavy (non-hydrogen) atoms. The summed E-state index contributed by atoms with van der Waals surface area (Å²) in [6.07, 6.45) is 4.19. The number of aryl methyl sites for hydroxylation is 1. The first-order valence-electron chi connectivity index (χ1n) is 6.96. The summed E-state index contributed by atoms with van der Waals surface area (Å²) in [5, 5.41) is 0. The van der Waals surface area contributed by atoms with Crippen LogP contribution in [0.4, 0.5) is 0 Å². The Bertz CT molecular complexity index is 392. The number of hydrogen-bond donors (Lipinski definition) is 1. The molecule has 0 amide bonds. The van der Waals surface area contributed by atoms with Crippen molar-refractivity contribution in [3.8, 4) is 0 Å². The third-order valence-corrected chi connectivity index (χ3v) is 3.86. The SMILES string of the molecule is CCOC(C(C)C)C(N)C1CCc2cccnc21. The second-order valence-electron chi connectivity index (χ2n) is 5.43. The zero-order valence-electron chi connectivity index (χ0n) is 11.6. The molecule has 0 spiro atoms. The Morgan fingerprint density at radius 1 is 1.50 bits per heavy atom. The molecule has 3 unspecified atom stereocenters. The second-order valence-corrected chi connectivity index (χ2v) is 5.43. The van der Waals surface area contributed by atoms with E-state index in [9.17, 15) is 0 Å². The lowest BCUT2D eigenvalue weighted by atomic mass is 9.88. The van der Waals surface area contributed by atoms with E-state index < -0.39 is 0 Å². The summed E-state index contributed by atoms with van der Waals surface area (Å²) in [7, 11) is 0. The molecular weight excluding hydrogens is 224 g/mol. The monoisotopic (exact) mass is 248 g/mol. The molecule has 1 aliphatic carbocycles. The van der Waals surface area contributed by atoms with E-state index in [0.717, 1.165) is 19.4 Å². The van der Waals surface area contributed by atoms with Crippen molar-refractivity contribution in [3.63, 3.8) is 0 Å². The van der Waals surface area contributed by atoms with E-state index in [1.165, 1.54) is 11.3 Å². The molecule has 1 heterocycles. The van der Waals surface area contributed by atoms with Crippen LogP contribution in [0.1, 0.15) is 44.4 Å². The highest BCUT2D eigenvalue weighted by molar-refractivity contribution is 5.30. The normalized spacial score (nSPS) is 21.9. The number of nitrogens with two attached hydrogens (primary N) is 1. The lowest BCUT2D eigenvalue weighted by Crippen LogP contribution is -2.44. The van der Waals surface area contributed by atoms with Gasteiger partial charge in [-0.2, -0.15) is 0 Å². The highest BCUT2D eigenvalue weighted by atomic mass is 16.5. The first-order chi connectivity index (χ1) is 8.65. The van der Waals surface area contributed by atoms with E-state index in [2.05, 4.69) is 24.9 Å². The quantitative estimate of drug-likeness (QED) is 0.871. The summed E-state index contributed by atoms with van der Waals surface area (Å²) in [6.45, 7) is 7.10. The Kier molecular flexibility index (Phi) is 4.36. The van der Waals surface area contributed by atoms with Gasteiger partial charge in [0.15, 0.2) is 0 Å². The molecule has 3 heteroatoms. The average Bonchev–Trinajstić information content (AvgIpc) is 2.78. The first kappa shape index (κ1) is 13.5. The molecule has 0 bridgehead atoms. The Morgan fingerprint density at radius 2 is 2.28 bits per heavy atom. The zero-order chi connectivity index (χ0) is 13.1. The summed E-state index contributed by atoms with van der Waals surface area (Å²) in [4.78, 5) is 4.53. The molecule has 1 aromatic heterocycles. The molecule has 2 N–H and O–H groups in total. The van der Waals surface area contributed by atoms with Crippen LogP contribution in [-0.4, -0.2) is 23.7 Å². The molecule has 0 fully saturated rings. The van der Waals surface area contributed by atoms with Crippen LogP contribution < -0.4 is 5.73 Å². The third-order valence-electron chi connectivity index (χ3n) is 3.86. The van der Waals surface area contributed by atoms with Crippen molar-refractivity contribution in [2.24, 2.45) is 11.7 Å². The van der Waals surface area contributed by atoms with Crippen molar-refractivity contribution in [2.45, 2.75) is 51.7 Å². The van der Waals surface area contributed by atoms with E-state index in [1.807, 2.05) is 19.2 Å².